The molecule has 0 saturated heterocycles. The lowest BCUT2D eigenvalue weighted by Crippen LogP contribution is -2.32. The van der Waals surface area contributed by atoms with Crippen LogP contribution in [0.5, 0.6) is 0 Å². The maximum Gasteiger partial charge on any atom is 0.243 e. The highest BCUT2D eigenvalue weighted by atomic mass is 127. The molecule has 0 aliphatic carbocycles. The number of nitrogens with zero attached hydrogens (tertiary/aromatic N) is 1. The third kappa shape index (κ3) is 1.41. The molecule has 0 fully saturated rings. The molecule has 1 rings (SSSR count). The highest BCUT2D eigenvalue weighted by molar-refractivity contribution is 14.1. The van der Waals surface area contributed by atoms with Crippen molar-refractivity contribution in [1.82, 2.24) is 0 Å². The molecule has 0 atom stereocenters. The van der Waals surface area contributed by atoms with Crippen LogP contribution >= 0.6 is 22.6 Å². The van der Waals surface area contributed by atoms with Crippen molar-refractivity contribution in [3.63, 3.8) is 0 Å². The van der Waals surface area contributed by atoms with E-state index in [4.69, 9.17) is 0 Å². The van der Waals surface area contributed by atoms with Gasteiger partial charge in [-0.05, 0) is 13.0 Å². The van der Waals surface area contributed by atoms with Crippen LogP contribution in [0.4, 0.5) is 0 Å². The van der Waals surface area contributed by atoms with E-state index in [1.54, 1.807) is 0 Å². The molecule has 0 saturated carbocycles. The summed E-state index contributed by atoms with van der Waals surface area (Å²) in [5.74, 6) is 0. The van der Waals surface area contributed by atoms with Crippen LogP contribution in [-0.4, -0.2) is 0 Å². The Morgan fingerprint density at radius 3 is 2.67 bits per heavy atom. The van der Waals surface area contributed by atoms with Gasteiger partial charge < -0.3 is 0 Å². The zero-order valence-electron chi connectivity index (χ0n) is 5.56. The molecule has 1 nitrogen and oxygen atoms in total. The molecule has 0 unspecified atom stereocenters. The summed E-state index contributed by atoms with van der Waals surface area (Å²) in [4.78, 5) is 0. The Balaban J connectivity index is 3.25. The van der Waals surface area contributed by atoms with Gasteiger partial charge in [0.25, 0.3) is 0 Å². The van der Waals surface area contributed by atoms with Crippen molar-refractivity contribution in [2.45, 2.75) is 6.92 Å². The minimum atomic E-state index is 1.30. The van der Waals surface area contributed by atoms with Crippen molar-refractivity contribution in [3.8, 4) is 0 Å². The van der Waals surface area contributed by atoms with Gasteiger partial charge in [0.1, 0.15) is 7.05 Å². The van der Waals surface area contributed by atoms with Crippen LogP contribution in [0.15, 0.2) is 18.3 Å². The first-order chi connectivity index (χ1) is 4.22. The van der Waals surface area contributed by atoms with Crippen molar-refractivity contribution in [3.05, 3.63) is 27.6 Å². The van der Waals surface area contributed by atoms with Crippen LogP contribution in [0.3, 0.4) is 0 Å². The van der Waals surface area contributed by atoms with E-state index in [-0.39, 0.29) is 0 Å². The van der Waals surface area contributed by atoms with Gasteiger partial charge in [0, 0.05) is 34.2 Å². The summed E-state index contributed by atoms with van der Waals surface area (Å²) >= 11 is 2.33. The maximum absolute atomic E-state index is 2.33. The molecular weight excluding hydrogens is 225 g/mol. The van der Waals surface area contributed by atoms with Gasteiger partial charge in [-0.1, -0.05) is 0 Å². The van der Waals surface area contributed by atoms with Crippen molar-refractivity contribution in [2.24, 2.45) is 7.05 Å². The van der Waals surface area contributed by atoms with Gasteiger partial charge in [0.2, 0.25) is 3.70 Å². The van der Waals surface area contributed by atoms with Crippen LogP contribution in [0.1, 0.15) is 5.56 Å². The Bertz CT molecular complexity index is 200. The highest BCUT2D eigenvalue weighted by Crippen LogP contribution is 2.02. The van der Waals surface area contributed by atoms with Crippen molar-refractivity contribution in [2.75, 3.05) is 0 Å². The van der Waals surface area contributed by atoms with Crippen LogP contribution in [0, 0.1) is 10.6 Å². The Kier molecular flexibility index (Phi) is 2.05. The van der Waals surface area contributed by atoms with Gasteiger partial charge in [-0.2, -0.15) is 4.57 Å². The SMILES string of the molecule is Cc1ccc[n+](C)c1I. The van der Waals surface area contributed by atoms with E-state index >= 15 is 0 Å². The summed E-state index contributed by atoms with van der Waals surface area (Å²) in [7, 11) is 2.05. The smallest absolute Gasteiger partial charge is 0.196 e. The monoisotopic (exact) mass is 234 g/mol. The quantitative estimate of drug-likeness (QED) is 0.363. The minimum absolute atomic E-state index is 1.30. The standard InChI is InChI=1S/C7H9IN/c1-6-4-3-5-9(2)7(6)8/h3-5H,1-2H3/q+1. The zero-order chi connectivity index (χ0) is 6.85. The highest BCUT2D eigenvalue weighted by Gasteiger charge is 2.01. The van der Waals surface area contributed by atoms with Crippen LogP contribution in [0.25, 0.3) is 0 Å². The van der Waals surface area contributed by atoms with Gasteiger partial charge in [0.05, 0.1) is 0 Å². The second-order valence-corrected chi connectivity index (χ2v) is 3.11. The van der Waals surface area contributed by atoms with E-state index in [2.05, 4.69) is 59.5 Å². The Morgan fingerprint density at radius 2 is 2.22 bits per heavy atom. The lowest BCUT2D eigenvalue weighted by molar-refractivity contribution is -0.684. The third-order valence-corrected chi connectivity index (χ3v) is 2.90. The van der Waals surface area contributed by atoms with Crippen molar-refractivity contribution < 1.29 is 4.57 Å². The normalized spacial score (nSPS) is 9.67. The molecule has 2 heteroatoms. The molecule has 0 aliphatic rings. The summed E-state index contributed by atoms with van der Waals surface area (Å²) in [6.07, 6.45) is 2.05. The molecule has 0 N–H and O–H groups in total. The summed E-state index contributed by atoms with van der Waals surface area (Å²) in [5.41, 5.74) is 1.33. The number of hydrogen-bond donors (Lipinski definition) is 0. The van der Waals surface area contributed by atoms with Gasteiger partial charge >= 0.3 is 0 Å². The van der Waals surface area contributed by atoms with E-state index in [0.29, 0.717) is 0 Å². The van der Waals surface area contributed by atoms with Crippen molar-refractivity contribution >= 4 is 22.6 Å². The molecule has 0 radical (unpaired) electrons. The number of hydrogen-bond acceptors (Lipinski definition) is 0. The predicted octanol–water partition coefficient (Wildman–Crippen LogP) is 1.42. The van der Waals surface area contributed by atoms with E-state index < -0.39 is 0 Å². The van der Waals surface area contributed by atoms with Gasteiger partial charge in [-0.25, -0.2) is 0 Å². The lowest BCUT2D eigenvalue weighted by Gasteiger charge is -1.92. The fourth-order valence-electron chi connectivity index (χ4n) is 0.729. The molecule has 1 aromatic heterocycles. The number of aromatic nitrogens is 1. The third-order valence-electron chi connectivity index (χ3n) is 1.29. The zero-order valence-corrected chi connectivity index (χ0v) is 7.71. The number of pyridine rings is 1. The maximum atomic E-state index is 2.33. The largest absolute Gasteiger partial charge is 0.243 e. The summed E-state index contributed by atoms with van der Waals surface area (Å²) in [6, 6.07) is 4.17. The second-order valence-electron chi connectivity index (χ2n) is 2.09. The number of halogens is 1. The van der Waals surface area contributed by atoms with E-state index in [9.17, 15) is 0 Å². The van der Waals surface area contributed by atoms with E-state index in [1.807, 2.05) is 0 Å². The van der Waals surface area contributed by atoms with Gasteiger partial charge in [-0.3, -0.25) is 0 Å². The summed E-state index contributed by atoms with van der Waals surface area (Å²) in [6.45, 7) is 2.11. The van der Waals surface area contributed by atoms with Crippen molar-refractivity contribution in [1.29, 1.82) is 0 Å². The molecule has 0 bridgehead atoms. The molecular formula is C7H9IN+. The molecule has 48 valence electrons. The number of aryl methyl sites for hydroxylation is 2. The molecule has 1 heterocycles. The first-order valence-corrected chi connectivity index (χ1v) is 3.90. The van der Waals surface area contributed by atoms with Crippen LogP contribution < -0.4 is 4.57 Å². The second kappa shape index (κ2) is 2.64. The fourth-order valence-corrected chi connectivity index (χ4v) is 1.07. The van der Waals surface area contributed by atoms with E-state index in [1.165, 1.54) is 9.26 Å². The van der Waals surface area contributed by atoms with E-state index in [0.717, 1.165) is 0 Å². The molecule has 0 amide bonds. The first-order valence-electron chi connectivity index (χ1n) is 2.82. The Morgan fingerprint density at radius 1 is 1.56 bits per heavy atom. The molecule has 9 heavy (non-hydrogen) atoms. The Hall–Kier alpha value is -0.120. The average Bonchev–Trinajstić information content (AvgIpc) is 1.83. The van der Waals surface area contributed by atoms with Crippen LogP contribution in [-0.2, 0) is 7.05 Å². The van der Waals surface area contributed by atoms with Crippen LogP contribution in [0.2, 0.25) is 0 Å². The molecule has 0 aromatic carbocycles. The Labute approximate surface area is 68.9 Å². The summed E-state index contributed by atoms with van der Waals surface area (Å²) < 4.78 is 3.41. The van der Waals surface area contributed by atoms with Gasteiger partial charge in [0.15, 0.2) is 6.20 Å². The molecule has 1 aromatic rings. The summed E-state index contributed by atoms with van der Waals surface area (Å²) in [5, 5.41) is 0. The molecule has 0 spiro atoms. The first kappa shape index (κ1) is 6.99. The predicted molar refractivity (Wildman–Crippen MR) is 45.1 cm³/mol. The van der Waals surface area contributed by atoms with Gasteiger partial charge in [-0.15, -0.1) is 0 Å². The average molecular weight is 234 g/mol. The number of rotatable bonds is 0. The molecule has 0 aliphatic heterocycles. The topological polar surface area (TPSA) is 3.88 Å². The lowest BCUT2D eigenvalue weighted by atomic mass is 10.3. The minimum Gasteiger partial charge on any atom is -0.196 e. The fraction of sp³-hybridized carbons (Fsp3) is 0.286.